The van der Waals surface area contributed by atoms with Gasteiger partial charge in [0.25, 0.3) is 5.56 Å². The van der Waals surface area contributed by atoms with Gasteiger partial charge in [-0.25, -0.2) is 9.37 Å². The largest absolute Gasteiger partial charge is 0.497 e. The Labute approximate surface area is 194 Å². The van der Waals surface area contributed by atoms with Crippen molar-refractivity contribution in [1.29, 1.82) is 0 Å². The highest BCUT2D eigenvalue weighted by atomic mass is 32.2. The van der Waals surface area contributed by atoms with E-state index in [1.54, 1.807) is 73.7 Å². The van der Waals surface area contributed by atoms with Gasteiger partial charge in [0.1, 0.15) is 11.6 Å². The summed E-state index contributed by atoms with van der Waals surface area (Å²) in [5.74, 6) is 0.320. The maximum Gasteiger partial charge on any atom is 0.266 e. The van der Waals surface area contributed by atoms with Gasteiger partial charge in [0.2, 0.25) is 5.91 Å². The summed E-state index contributed by atoms with van der Waals surface area (Å²) < 4.78 is 19.9. The molecule has 6 nitrogen and oxygen atoms in total. The van der Waals surface area contributed by atoms with Crippen molar-refractivity contribution in [3.05, 3.63) is 94.5 Å². The predicted molar refractivity (Wildman–Crippen MR) is 127 cm³/mol. The van der Waals surface area contributed by atoms with Crippen LogP contribution >= 0.6 is 11.8 Å². The van der Waals surface area contributed by atoms with Crippen LogP contribution in [0, 0.1) is 5.82 Å². The van der Waals surface area contributed by atoms with Gasteiger partial charge in [-0.1, -0.05) is 36.0 Å². The molecule has 0 atom stereocenters. The van der Waals surface area contributed by atoms with Crippen molar-refractivity contribution < 1.29 is 13.9 Å². The number of hydrogen-bond acceptors (Lipinski definition) is 5. The molecule has 0 bridgehead atoms. The standard InChI is InChI=1S/C25H22FN3O3S/c1-28(15-17-7-9-18(26)10-8-17)23(30)16-33-25-27-22-6-4-3-5-21(22)24(31)29(25)19-11-13-20(32-2)14-12-19/h3-14H,15-16H2,1-2H3. The molecule has 0 fully saturated rings. The average Bonchev–Trinajstić information content (AvgIpc) is 2.84. The number of rotatable bonds is 7. The topological polar surface area (TPSA) is 64.4 Å². The number of carbonyl (C=O) groups is 1. The zero-order valence-electron chi connectivity index (χ0n) is 18.2. The fourth-order valence-corrected chi connectivity index (χ4v) is 4.31. The van der Waals surface area contributed by atoms with Crippen LogP contribution < -0.4 is 10.3 Å². The molecular weight excluding hydrogens is 441 g/mol. The van der Waals surface area contributed by atoms with E-state index < -0.39 is 0 Å². The molecule has 1 amide bonds. The van der Waals surface area contributed by atoms with Gasteiger partial charge in [0, 0.05) is 13.6 Å². The van der Waals surface area contributed by atoms with E-state index in [4.69, 9.17) is 4.74 Å². The highest BCUT2D eigenvalue weighted by Gasteiger charge is 2.16. The molecule has 0 unspecified atom stereocenters. The van der Waals surface area contributed by atoms with Gasteiger partial charge in [-0.05, 0) is 54.1 Å². The normalized spacial score (nSPS) is 10.9. The van der Waals surface area contributed by atoms with Gasteiger partial charge in [0.05, 0.1) is 29.5 Å². The summed E-state index contributed by atoms with van der Waals surface area (Å²) in [4.78, 5) is 32.3. The van der Waals surface area contributed by atoms with E-state index in [1.165, 1.54) is 28.5 Å². The second-order valence-corrected chi connectivity index (χ2v) is 8.36. The van der Waals surface area contributed by atoms with Gasteiger partial charge >= 0.3 is 0 Å². The molecule has 0 saturated carbocycles. The molecule has 33 heavy (non-hydrogen) atoms. The summed E-state index contributed by atoms with van der Waals surface area (Å²) >= 11 is 1.20. The van der Waals surface area contributed by atoms with Gasteiger partial charge in [-0.3, -0.25) is 14.2 Å². The first-order valence-electron chi connectivity index (χ1n) is 10.2. The Kier molecular flexibility index (Phi) is 6.74. The number of benzene rings is 3. The number of amides is 1. The summed E-state index contributed by atoms with van der Waals surface area (Å²) in [7, 11) is 3.27. The van der Waals surface area contributed by atoms with Crippen LogP contribution in [-0.4, -0.2) is 40.3 Å². The molecule has 3 aromatic carbocycles. The lowest BCUT2D eigenvalue weighted by molar-refractivity contribution is -0.127. The summed E-state index contributed by atoms with van der Waals surface area (Å²) in [6.45, 7) is 0.357. The van der Waals surface area contributed by atoms with E-state index in [9.17, 15) is 14.0 Å². The monoisotopic (exact) mass is 463 g/mol. The molecule has 8 heteroatoms. The SMILES string of the molecule is COc1ccc(-n2c(SCC(=O)N(C)Cc3ccc(F)cc3)nc3ccccc3c2=O)cc1. The van der Waals surface area contributed by atoms with Crippen molar-refractivity contribution in [1.82, 2.24) is 14.5 Å². The minimum absolute atomic E-state index is 0.0959. The van der Waals surface area contributed by atoms with Crippen LogP contribution in [0.5, 0.6) is 5.75 Å². The minimum atomic E-state index is -0.317. The molecule has 0 aliphatic heterocycles. The van der Waals surface area contributed by atoms with E-state index in [0.29, 0.717) is 34.0 Å². The summed E-state index contributed by atoms with van der Waals surface area (Å²) in [6.07, 6.45) is 0. The minimum Gasteiger partial charge on any atom is -0.497 e. The van der Waals surface area contributed by atoms with Crippen LogP contribution in [-0.2, 0) is 11.3 Å². The van der Waals surface area contributed by atoms with Gasteiger partial charge in [-0.15, -0.1) is 0 Å². The van der Waals surface area contributed by atoms with E-state index >= 15 is 0 Å². The molecule has 4 aromatic rings. The lowest BCUT2D eigenvalue weighted by atomic mass is 10.2. The second-order valence-electron chi connectivity index (χ2n) is 7.42. The highest BCUT2D eigenvalue weighted by Crippen LogP contribution is 2.23. The van der Waals surface area contributed by atoms with Crippen LogP contribution in [0.15, 0.2) is 82.7 Å². The number of para-hydroxylation sites is 1. The molecule has 1 aromatic heterocycles. The maximum atomic E-state index is 13.3. The van der Waals surface area contributed by atoms with Crippen molar-refractivity contribution >= 4 is 28.6 Å². The third-order valence-corrected chi connectivity index (χ3v) is 6.08. The second kappa shape index (κ2) is 9.87. The number of thioether (sulfide) groups is 1. The van der Waals surface area contributed by atoms with Gasteiger partial charge in [-0.2, -0.15) is 0 Å². The molecule has 0 aliphatic carbocycles. The van der Waals surface area contributed by atoms with E-state index in [-0.39, 0.29) is 23.0 Å². The Bertz CT molecular complexity index is 1340. The molecule has 1 heterocycles. The van der Waals surface area contributed by atoms with Gasteiger partial charge in [0.15, 0.2) is 5.16 Å². The third-order valence-electron chi connectivity index (χ3n) is 5.16. The smallest absolute Gasteiger partial charge is 0.266 e. The fraction of sp³-hybridized carbons (Fsp3) is 0.160. The van der Waals surface area contributed by atoms with Crippen LogP contribution in [0.2, 0.25) is 0 Å². The van der Waals surface area contributed by atoms with E-state index in [2.05, 4.69) is 4.98 Å². The average molecular weight is 464 g/mol. The van der Waals surface area contributed by atoms with Crippen molar-refractivity contribution in [3.8, 4) is 11.4 Å². The quantitative estimate of drug-likeness (QED) is 0.302. The Morgan fingerprint density at radius 1 is 1.06 bits per heavy atom. The number of methoxy groups -OCH3 is 1. The maximum absolute atomic E-state index is 13.3. The number of fused-ring (bicyclic) bond motifs is 1. The number of halogens is 1. The lowest BCUT2D eigenvalue weighted by Crippen LogP contribution is -2.28. The Balaban J connectivity index is 1.61. The Hall–Kier alpha value is -3.65. The number of hydrogen-bond donors (Lipinski definition) is 0. The summed E-state index contributed by atoms with van der Waals surface area (Å²) in [5.41, 5.74) is 1.83. The molecule has 0 saturated heterocycles. The molecule has 0 radical (unpaired) electrons. The van der Waals surface area contributed by atoms with Crippen LogP contribution in [0.3, 0.4) is 0 Å². The van der Waals surface area contributed by atoms with Crippen molar-refractivity contribution in [2.45, 2.75) is 11.7 Å². The highest BCUT2D eigenvalue weighted by molar-refractivity contribution is 7.99. The number of aromatic nitrogens is 2. The van der Waals surface area contributed by atoms with Crippen LogP contribution in [0.25, 0.3) is 16.6 Å². The molecule has 0 aliphatic rings. The zero-order valence-corrected chi connectivity index (χ0v) is 19.0. The van der Waals surface area contributed by atoms with Crippen molar-refractivity contribution in [3.63, 3.8) is 0 Å². The van der Waals surface area contributed by atoms with E-state index in [1.807, 2.05) is 6.07 Å². The zero-order chi connectivity index (χ0) is 23.4. The predicted octanol–water partition coefficient (Wildman–Crippen LogP) is 4.28. The van der Waals surface area contributed by atoms with E-state index in [0.717, 1.165) is 5.56 Å². The third kappa shape index (κ3) is 5.06. The molecule has 168 valence electrons. The Morgan fingerprint density at radius 2 is 1.76 bits per heavy atom. The number of nitrogens with zero attached hydrogens (tertiary/aromatic N) is 3. The molecule has 4 rings (SSSR count). The molecule has 0 N–H and O–H groups in total. The lowest BCUT2D eigenvalue weighted by Gasteiger charge is -2.18. The van der Waals surface area contributed by atoms with Crippen molar-refractivity contribution in [2.75, 3.05) is 19.9 Å². The first-order chi connectivity index (χ1) is 16.0. The van der Waals surface area contributed by atoms with Crippen LogP contribution in [0.4, 0.5) is 4.39 Å². The number of ether oxygens (including phenoxy) is 1. The Morgan fingerprint density at radius 3 is 2.45 bits per heavy atom. The molecular formula is C25H22FN3O3S. The first-order valence-corrected chi connectivity index (χ1v) is 11.2. The summed E-state index contributed by atoms with van der Waals surface area (Å²) in [6, 6.07) is 20.3. The number of carbonyl (C=O) groups excluding carboxylic acids is 1. The summed E-state index contributed by atoms with van der Waals surface area (Å²) in [5, 5.41) is 0.921. The fourth-order valence-electron chi connectivity index (χ4n) is 3.36. The first kappa shape index (κ1) is 22.5. The van der Waals surface area contributed by atoms with Crippen LogP contribution in [0.1, 0.15) is 5.56 Å². The van der Waals surface area contributed by atoms with Crippen molar-refractivity contribution in [2.24, 2.45) is 0 Å². The van der Waals surface area contributed by atoms with Gasteiger partial charge < -0.3 is 9.64 Å². The molecule has 0 spiro atoms.